The monoisotopic (exact) mass is 217 g/mol. The second-order valence-corrected chi connectivity index (χ2v) is 3.91. The van der Waals surface area contributed by atoms with Crippen LogP contribution in [0.2, 0.25) is 0 Å². The summed E-state index contributed by atoms with van der Waals surface area (Å²) in [5.41, 5.74) is 1.37. The zero-order valence-corrected chi connectivity index (χ0v) is 10.1. The van der Waals surface area contributed by atoms with E-state index in [9.17, 15) is 0 Å². The van der Waals surface area contributed by atoms with E-state index in [2.05, 4.69) is 26.0 Å². The molecule has 1 atom stereocenters. The third-order valence-corrected chi connectivity index (χ3v) is 2.78. The van der Waals surface area contributed by atoms with Crippen LogP contribution >= 0.6 is 0 Å². The van der Waals surface area contributed by atoms with Crippen molar-refractivity contribution in [1.29, 1.82) is 5.26 Å². The lowest BCUT2D eigenvalue weighted by atomic mass is 9.92. The van der Waals surface area contributed by atoms with Crippen LogP contribution in [-0.4, -0.2) is 6.61 Å². The van der Waals surface area contributed by atoms with Gasteiger partial charge in [-0.15, -0.1) is 0 Å². The molecule has 0 fully saturated rings. The van der Waals surface area contributed by atoms with Gasteiger partial charge in [0, 0.05) is 0 Å². The molecule has 0 saturated heterocycles. The molecular weight excluding hydrogens is 198 g/mol. The van der Waals surface area contributed by atoms with E-state index >= 15 is 0 Å². The smallest absolute Gasteiger partial charge is 0.174 e. The Labute approximate surface area is 97.9 Å². The van der Waals surface area contributed by atoms with Gasteiger partial charge in [0.2, 0.25) is 0 Å². The Hall–Kier alpha value is -1.49. The van der Waals surface area contributed by atoms with Crippen LogP contribution in [0.5, 0.6) is 5.75 Å². The summed E-state index contributed by atoms with van der Waals surface area (Å²) in [6.45, 7) is 4.55. The highest BCUT2D eigenvalue weighted by atomic mass is 16.5. The minimum absolute atomic E-state index is 0.117. The molecule has 0 aromatic heterocycles. The quantitative estimate of drug-likeness (QED) is 0.724. The van der Waals surface area contributed by atoms with E-state index in [1.54, 1.807) is 0 Å². The fourth-order valence-corrected chi connectivity index (χ4v) is 1.91. The number of hydrogen-bond donors (Lipinski definition) is 0. The highest BCUT2D eigenvalue weighted by molar-refractivity contribution is 5.29. The van der Waals surface area contributed by atoms with Crippen LogP contribution in [0.15, 0.2) is 24.3 Å². The number of hydrogen-bond acceptors (Lipinski definition) is 2. The van der Waals surface area contributed by atoms with Gasteiger partial charge in [-0.3, -0.25) is 0 Å². The van der Waals surface area contributed by atoms with Crippen LogP contribution in [0.3, 0.4) is 0 Å². The average molecular weight is 217 g/mol. The number of nitriles is 1. The molecule has 0 aliphatic carbocycles. The lowest BCUT2D eigenvalue weighted by molar-refractivity contribution is 0.368. The van der Waals surface area contributed by atoms with E-state index in [0.717, 1.165) is 5.75 Å². The van der Waals surface area contributed by atoms with Crippen molar-refractivity contribution in [2.24, 2.45) is 0 Å². The van der Waals surface area contributed by atoms with E-state index in [-0.39, 0.29) is 6.61 Å². The summed E-state index contributed by atoms with van der Waals surface area (Å²) < 4.78 is 5.22. The Bertz CT molecular complexity index is 337. The topological polar surface area (TPSA) is 33.0 Å². The molecule has 0 saturated carbocycles. The first-order valence-electron chi connectivity index (χ1n) is 5.91. The minimum atomic E-state index is 0.117. The zero-order chi connectivity index (χ0) is 11.8. The molecule has 1 aromatic carbocycles. The largest absolute Gasteiger partial charge is 0.479 e. The molecular formula is C14H19NO. The summed E-state index contributed by atoms with van der Waals surface area (Å²) in [6, 6.07) is 10.1. The summed E-state index contributed by atoms with van der Waals surface area (Å²) in [4.78, 5) is 0. The molecule has 86 valence electrons. The number of benzene rings is 1. The number of nitrogens with zero attached hydrogens (tertiary/aromatic N) is 1. The van der Waals surface area contributed by atoms with Crippen molar-refractivity contribution >= 4 is 0 Å². The van der Waals surface area contributed by atoms with Gasteiger partial charge in [0.15, 0.2) is 6.61 Å². The first kappa shape index (κ1) is 12.6. The Balaban J connectivity index is 2.66. The van der Waals surface area contributed by atoms with Gasteiger partial charge >= 0.3 is 0 Å². The molecule has 0 aliphatic heterocycles. The number of ether oxygens (including phenoxy) is 1. The molecule has 0 heterocycles. The standard InChI is InChI=1S/C14H19NO/c1-3-5-12(4-2)13-6-8-14(9-7-13)16-11-10-15/h6-9,12H,3-5,11H2,1-2H3. The molecule has 0 radical (unpaired) electrons. The fraction of sp³-hybridized carbons (Fsp3) is 0.500. The zero-order valence-electron chi connectivity index (χ0n) is 10.1. The van der Waals surface area contributed by atoms with E-state index in [4.69, 9.17) is 10.00 Å². The Kier molecular flexibility index (Phi) is 5.42. The predicted molar refractivity (Wildman–Crippen MR) is 65.5 cm³/mol. The first-order valence-corrected chi connectivity index (χ1v) is 5.91. The van der Waals surface area contributed by atoms with Crippen molar-refractivity contribution in [3.8, 4) is 11.8 Å². The SMILES string of the molecule is CCCC(CC)c1ccc(OCC#N)cc1. The highest BCUT2D eigenvalue weighted by Crippen LogP contribution is 2.26. The van der Waals surface area contributed by atoms with Gasteiger partial charge in [0.1, 0.15) is 11.8 Å². The molecule has 0 bridgehead atoms. The molecule has 2 nitrogen and oxygen atoms in total. The fourth-order valence-electron chi connectivity index (χ4n) is 1.91. The predicted octanol–water partition coefficient (Wildman–Crippen LogP) is 3.88. The van der Waals surface area contributed by atoms with Crippen LogP contribution in [0.1, 0.15) is 44.6 Å². The van der Waals surface area contributed by atoms with Crippen molar-refractivity contribution in [2.45, 2.75) is 39.0 Å². The van der Waals surface area contributed by atoms with Gasteiger partial charge in [-0.2, -0.15) is 5.26 Å². The maximum absolute atomic E-state index is 8.40. The van der Waals surface area contributed by atoms with Gasteiger partial charge in [-0.25, -0.2) is 0 Å². The molecule has 16 heavy (non-hydrogen) atoms. The van der Waals surface area contributed by atoms with Crippen molar-refractivity contribution in [1.82, 2.24) is 0 Å². The first-order chi connectivity index (χ1) is 7.81. The van der Waals surface area contributed by atoms with Gasteiger partial charge in [0.05, 0.1) is 0 Å². The summed E-state index contributed by atoms with van der Waals surface area (Å²) in [5, 5.41) is 8.40. The second kappa shape index (κ2) is 6.90. The van der Waals surface area contributed by atoms with Crippen molar-refractivity contribution in [2.75, 3.05) is 6.61 Å². The lowest BCUT2D eigenvalue weighted by Gasteiger charge is -2.14. The summed E-state index contributed by atoms with van der Waals surface area (Å²) in [5.74, 6) is 1.42. The molecule has 0 N–H and O–H groups in total. The van der Waals surface area contributed by atoms with Gasteiger partial charge in [-0.05, 0) is 36.5 Å². The summed E-state index contributed by atoms with van der Waals surface area (Å²) >= 11 is 0. The molecule has 0 aliphatic rings. The normalized spacial score (nSPS) is 11.8. The molecule has 1 aromatic rings. The Morgan fingerprint density at radius 1 is 1.25 bits per heavy atom. The van der Waals surface area contributed by atoms with Crippen LogP contribution in [0, 0.1) is 11.3 Å². The van der Waals surface area contributed by atoms with E-state index in [1.807, 2.05) is 18.2 Å². The van der Waals surface area contributed by atoms with Crippen molar-refractivity contribution in [3.05, 3.63) is 29.8 Å². The molecule has 0 amide bonds. The van der Waals surface area contributed by atoms with E-state index < -0.39 is 0 Å². The molecule has 0 spiro atoms. The van der Waals surface area contributed by atoms with Crippen molar-refractivity contribution < 1.29 is 4.74 Å². The van der Waals surface area contributed by atoms with Crippen LogP contribution in [0.4, 0.5) is 0 Å². The maximum Gasteiger partial charge on any atom is 0.174 e. The van der Waals surface area contributed by atoms with Gasteiger partial charge in [-0.1, -0.05) is 32.4 Å². The summed E-state index contributed by atoms with van der Waals surface area (Å²) in [7, 11) is 0. The highest BCUT2D eigenvalue weighted by Gasteiger charge is 2.07. The Morgan fingerprint density at radius 2 is 1.94 bits per heavy atom. The molecule has 2 heteroatoms. The van der Waals surface area contributed by atoms with Gasteiger partial charge in [0.25, 0.3) is 0 Å². The molecule has 1 rings (SSSR count). The van der Waals surface area contributed by atoms with Crippen LogP contribution in [0.25, 0.3) is 0 Å². The maximum atomic E-state index is 8.40. The summed E-state index contributed by atoms with van der Waals surface area (Å²) in [6.07, 6.45) is 3.62. The molecule has 1 unspecified atom stereocenters. The van der Waals surface area contributed by atoms with Gasteiger partial charge < -0.3 is 4.74 Å². The lowest BCUT2D eigenvalue weighted by Crippen LogP contribution is -1.98. The van der Waals surface area contributed by atoms with E-state index in [1.165, 1.54) is 24.8 Å². The number of rotatable bonds is 6. The van der Waals surface area contributed by atoms with Crippen molar-refractivity contribution in [3.63, 3.8) is 0 Å². The average Bonchev–Trinajstić information content (AvgIpc) is 2.34. The van der Waals surface area contributed by atoms with E-state index in [0.29, 0.717) is 5.92 Å². The third kappa shape index (κ3) is 3.58. The third-order valence-electron chi connectivity index (χ3n) is 2.78. The van der Waals surface area contributed by atoms with Crippen LogP contribution < -0.4 is 4.74 Å². The minimum Gasteiger partial charge on any atom is -0.479 e. The second-order valence-electron chi connectivity index (χ2n) is 3.91. The van der Waals surface area contributed by atoms with Crippen LogP contribution in [-0.2, 0) is 0 Å². The Morgan fingerprint density at radius 3 is 2.44 bits per heavy atom.